The highest BCUT2D eigenvalue weighted by molar-refractivity contribution is 7.92. The number of amides is 1. The van der Waals surface area contributed by atoms with Crippen LogP contribution in [-0.2, 0) is 14.8 Å². The number of ketones is 1. The van der Waals surface area contributed by atoms with Crippen LogP contribution in [0.2, 0.25) is 0 Å². The van der Waals surface area contributed by atoms with Crippen molar-refractivity contribution in [2.24, 2.45) is 0 Å². The van der Waals surface area contributed by atoms with Crippen molar-refractivity contribution in [2.45, 2.75) is 24.2 Å². The van der Waals surface area contributed by atoms with Gasteiger partial charge in [-0.25, -0.2) is 8.42 Å². The van der Waals surface area contributed by atoms with E-state index < -0.39 is 21.7 Å². The molecule has 0 saturated carbocycles. The SMILES string of the molecule is O=C(C(=O)N1CCCCC1)c1ccccc1NS(=O)(=O)c1ccccc1. The third-order valence-electron chi connectivity index (χ3n) is 4.31. The number of benzene rings is 2. The number of para-hydroxylation sites is 1. The minimum atomic E-state index is -3.85. The summed E-state index contributed by atoms with van der Waals surface area (Å²) in [7, 11) is -3.85. The summed E-state index contributed by atoms with van der Waals surface area (Å²) >= 11 is 0. The molecule has 7 heteroatoms. The van der Waals surface area contributed by atoms with Crippen LogP contribution in [0.25, 0.3) is 0 Å². The smallest absolute Gasteiger partial charge is 0.295 e. The second-order valence-electron chi connectivity index (χ2n) is 6.15. The first-order chi connectivity index (χ1) is 12.5. The third-order valence-corrected chi connectivity index (χ3v) is 5.69. The molecule has 0 unspecified atom stereocenters. The highest BCUT2D eigenvalue weighted by atomic mass is 32.2. The van der Waals surface area contributed by atoms with Crippen molar-refractivity contribution in [3.05, 3.63) is 60.2 Å². The largest absolute Gasteiger partial charge is 0.336 e. The minimum absolute atomic E-state index is 0.0579. The molecule has 0 bridgehead atoms. The van der Waals surface area contributed by atoms with Gasteiger partial charge < -0.3 is 4.90 Å². The van der Waals surface area contributed by atoms with Crippen LogP contribution in [0, 0.1) is 0 Å². The lowest BCUT2D eigenvalue weighted by molar-refractivity contribution is -0.127. The molecule has 0 aliphatic carbocycles. The zero-order chi connectivity index (χ0) is 18.6. The Hall–Kier alpha value is -2.67. The molecule has 0 aromatic heterocycles. The number of carbonyl (C=O) groups is 2. The quantitative estimate of drug-likeness (QED) is 0.646. The number of anilines is 1. The lowest BCUT2D eigenvalue weighted by Crippen LogP contribution is -2.40. The van der Waals surface area contributed by atoms with E-state index >= 15 is 0 Å². The van der Waals surface area contributed by atoms with Crippen molar-refractivity contribution in [1.29, 1.82) is 0 Å². The summed E-state index contributed by atoms with van der Waals surface area (Å²) in [5.74, 6) is -1.28. The Bertz CT molecular complexity index is 904. The van der Waals surface area contributed by atoms with E-state index in [2.05, 4.69) is 4.72 Å². The predicted molar refractivity (Wildman–Crippen MR) is 98.5 cm³/mol. The minimum Gasteiger partial charge on any atom is -0.336 e. The van der Waals surface area contributed by atoms with Crippen LogP contribution in [0.3, 0.4) is 0 Å². The van der Waals surface area contributed by atoms with Gasteiger partial charge in [-0.05, 0) is 43.5 Å². The first kappa shape index (κ1) is 18.1. The van der Waals surface area contributed by atoms with Crippen molar-refractivity contribution in [3.8, 4) is 0 Å². The summed E-state index contributed by atoms with van der Waals surface area (Å²) in [4.78, 5) is 26.8. The number of hydrogen-bond donors (Lipinski definition) is 1. The summed E-state index contributed by atoms with van der Waals surface area (Å²) < 4.78 is 27.5. The van der Waals surface area contributed by atoms with Crippen LogP contribution in [-0.4, -0.2) is 38.1 Å². The first-order valence-corrected chi connectivity index (χ1v) is 9.98. The topological polar surface area (TPSA) is 83.6 Å². The van der Waals surface area contributed by atoms with Crippen molar-refractivity contribution in [1.82, 2.24) is 4.90 Å². The van der Waals surface area contributed by atoms with Crippen LogP contribution >= 0.6 is 0 Å². The molecule has 1 aliphatic rings. The van der Waals surface area contributed by atoms with Gasteiger partial charge in [-0.1, -0.05) is 30.3 Å². The van der Waals surface area contributed by atoms with Crippen LogP contribution in [0.1, 0.15) is 29.6 Å². The van der Waals surface area contributed by atoms with Crippen LogP contribution in [0.15, 0.2) is 59.5 Å². The molecular weight excluding hydrogens is 352 g/mol. The molecule has 2 aromatic rings. The van der Waals surface area contributed by atoms with Crippen molar-refractivity contribution in [3.63, 3.8) is 0 Å². The standard InChI is InChI=1S/C19H20N2O4S/c22-18(19(23)21-13-7-2-8-14-21)16-11-5-6-12-17(16)20-26(24,25)15-9-3-1-4-10-15/h1,3-6,9-12,20H,2,7-8,13-14H2. The number of Topliss-reactive ketones (excluding diaryl/α,β-unsaturated/α-hetero) is 1. The molecule has 6 nitrogen and oxygen atoms in total. The Labute approximate surface area is 152 Å². The molecule has 1 fully saturated rings. The Balaban J connectivity index is 1.86. The van der Waals surface area contributed by atoms with E-state index in [1.54, 1.807) is 30.3 Å². The molecule has 1 saturated heterocycles. The molecule has 1 aliphatic heterocycles. The molecule has 3 rings (SSSR count). The first-order valence-electron chi connectivity index (χ1n) is 8.49. The van der Waals surface area contributed by atoms with E-state index in [-0.39, 0.29) is 16.1 Å². The summed E-state index contributed by atoms with van der Waals surface area (Å²) in [6.07, 6.45) is 2.80. The average molecular weight is 372 g/mol. The van der Waals surface area contributed by atoms with Crippen LogP contribution < -0.4 is 4.72 Å². The van der Waals surface area contributed by atoms with Crippen LogP contribution in [0.4, 0.5) is 5.69 Å². The number of nitrogens with zero attached hydrogens (tertiary/aromatic N) is 1. The Morgan fingerprint density at radius 2 is 1.46 bits per heavy atom. The molecule has 0 atom stereocenters. The van der Waals surface area contributed by atoms with E-state index in [0.717, 1.165) is 19.3 Å². The molecule has 136 valence electrons. The third kappa shape index (κ3) is 3.94. The lowest BCUT2D eigenvalue weighted by Gasteiger charge is -2.26. The molecule has 1 N–H and O–H groups in total. The second-order valence-corrected chi connectivity index (χ2v) is 7.83. The van der Waals surface area contributed by atoms with E-state index in [1.807, 2.05) is 0 Å². The highest BCUT2D eigenvalue weighted by Crippen LogP contribution is 2.22. The molecule has 0 spiro atoms. The van der Waals surface area contributed by atoms with Gasteiger partial charge in [-0.2, -0.15) is 0 Å². The summed E-state index contributed by atoms with van der Waals surface area (Å²) in [6.45, 7) is 1.12. The van der Waals surface area contributed by atoms with Gasteiger partial charge in [0.15, 0.2) is 0 Å². The zero-order valence-electron chi connectivity index (χ0n) is 14.2. The average Bonchev–Trinajstić information content (AvgIpc) is 2.68. The van der Waals surface area contributed by atoms with Gasteiger partial charge in [0.25, 0.3) is 21.7 Å². The Kier molecular flexibility index (Phi) is 5.37. The Morgan fingerprint density at radius 1 is 0.846 bits per heavy atom. The van der Waals surface area contributed by atoms with E-state index in [0.29, 0.717) is 13.1 Å². The monoisotopic (exact) mass is 372 g/mol. The number of nitrogens with one attached hydrogen (secondary N) is 1. The van der Waals surface area contributed by atoms with Gasteiger partial charge in [0.1, 0.15) is 0 Å². The van der Waals surface area contributed by atoms with Crippen molar-refractivity contribution in [2.75, 3.05) is 17.8 Å². The maximum absolute atomic E-state index is 12.7. The maximum atomic E-state index is 12.7. The number of hydrogen-bond acceptors (Lipinski definition) is 4. The number of rotatable bonds is 5. The highest BCUT2D eigenvalue weighted by Gasteiger charge is 2.27. The number of piperidine rings is 1. The van der Waals surface area contributed by atoms with Crippen molar-refractivity contribution < 1.29 is 18.0 Å². The van der Waals surface area contributed by atoms with Gasteiger partial charge >= 0.3 is 0 Å². The number of sulfonamides is 1. The molecule has 26 heavy (non-hydrogen) atoms. The predicted octanol–water partition coefficient (Wildman–Crippen LogP) is 2.68. The summed E-state index contributed by atoms with van der Waals surface area (Å²) in [5, 5.41) is 0. The molecule has 1 heterocycles. The van der Waals surface area contributed by atoms with Gasteiger partial charge in [0, 0.05) is 13.1 Å². The lowest BCUT2D eigenvalue weighted by atomic mass is 10.1. The molecular formula is C19H20N2O4S. The zero-order valence-corrected chi connectivity index (χ0v) is 15.0. The fourth-order valence-corrected chi connectivity index (χ4v) is 4.03. The molecule has 0 radical (unpaired) electrons. The summed E-state index contributed by atoms with van der Waals surface area (Å²) in [6, 6.07) is 14.0. The molecule has 1 amide bonds. The van der Waals surface area contributed by atoms with E-state index in [1.165, 1.54) is 29.2 Å². The van der Waals surface area contributed by atoms with E-state index in [9.17, 15) is 18.0 Å². The van der Waals surface area contributed by atoms with Gasteiger partial charge in [-0.3, -0.25) is 14.3 Å². The van der Waals surface area contributed by atoms with Gasteiger partial charge in [-0.15, -0.1) is 0 Å². The van der Waals surface area contributed by atoms with Crippen molar-refractivity contribution >= 4 is 27.4 Å². The normalized spacial score (nSPS) is 14.7. The van der Waals surface area contributed by atoms with Gasteiger partial charge in [0.2, 0.25) is 0 Å². The van der Waals surface area contributed by atoms with Crippen LogP contribution in [0.5, 0.6) is 0 Å². The maximum Gasteiger partial charge on any atom is 0.295 e. The summed E-state index contributed by atoms with van der Waals surface area (Å²) in [5.41, 5.74) is 0.161. The fourth-order valence-electron chi connectivity index (χ4n) is 2.93. The molecule has 2 aromatic carbocycles. The number of carbonyl (C=O) groups excluding carboxylic acids is 2. The van der Waals surface area contributed by atoms with Gasteiger partial charge in [0.05, 0.1) is 16.1 Å². The second kappa shape index (κ2) is 7.70. The number of likely N-dealkylation sites (tertiary alicyclic amines) is 1. The van der Waals surface area contributed by atoms with E-state index in [4.69, 9.17) is 0 Å². The fraction of sp³-hybridized carbons (Fsp3) is 0.263. The Morgan fingerprint density at radius 3 is 2.15 bits per heavy atom.